The molecular weight excluding hydrogens is 242 g/mol. The Balaban J connectivity index is 2.06. The van der Waals surface area contributed by atoms with Crippen molar-refractivity contribution in [3.05, 3.63) is 17.5 Å². The van der Waals surface area contributed by atoms with Crippen LogP contribution < -0.4 is 5.32 Å². The molecule has 0 aliphatic carbocycles. The van der Waals surface area contributed by atoms with Gasteiger partial charge in [-0.3, -0.25) is 0 Å². The Kier molecular flexibility index (Phi) is 4.45. The fourth-order valence-corrected chi connectivity index (χ4v) is 2.35. The number of aromatic nitrogens is 1. The molecule has 1 aromatic rings. The smallest absolute Gasteiger partial charge is 0.318 e. The van der Waals surface area contributed by atoms with Gasteiger partial charge in [-0.25, -0.2) is 4.79 Å². The molecule has 2 atom stereocenters. The topological polar surface area (TPSA) is 58.4 Å². The first kappa shape index (κ1) is 13.9. The first-order chi connectivity index (χ1) is 9.15. The number of amides is 2. The van der Waals surface area contributed by atoms with Crippen molar-refractivity contribution in [2.75, 3.05) is 6.54 Å². The largest absolute Gasteiger partial charge is 0.359 e. The minimum absolute atomic E-state index is 0.00583. The van der Waals surface area contributed by atoms with E-state index in [1.165, 1.54) is 0 Å². The summed E-state index contributed by atoms with van der Waals surface area (Å²) in [5, 5.41) is 7.03. The number of carbonyl (C=O) groups is 1. The average Bonchev–Trinajstić information content (AvgIpc) is 3.06. The lowest BCUT2D eigenvalue weighted by Crippen LogP contribution is -2.43. The number of carbonyl (C=O) groups excluding carboxylic acids is 1. The third-order valence-electron chi connectivity index (χ3n) is 3.76. The van der Waals surface area contributed by atoms with E-state index in [4.69, 9.17) is 4.52 Å². The molecule has 106 valence electrons. The van der Waals surface area contributed by atoms with Gasteiger partial charge < -0.3 is 14.7 Å². The van der Waals surface area contributed by atoms with Gasteiger partial charge >= 0.3 is 6.03 Å². The van der Waals surface area contributed by atoms with Gasteiger partial charge in [-0.2, -0.15) is 0 Å². The van der Waals surface area contributed by atoms with Crippen LogP contribution in [-0.2, 0) is 6.42 Å². The van der Waals surface area contributed by atoms with E-state index in [2.05, 4.69) is 17.4 Å². The van der Waals surface area contributed by atoms with Crippen molar-refractivity contribution in [1.29, 1.82) is 0 Å². The Morgan fingerprint density at radius 3 is 3.05 bits per heavy atom. The van der Waals surface area contributed by atoms with E-state index in [1.807, 2.05) is 24.8 Å². The van der Waals surface area contributed by atoms with Crippen LogP contribution in [0.15, 0.2) is 10.6 Å². The monoisotopic (exact) mass is 265 g/mol. The second-order valence-electron chi connectivity index (χ2n) is 5.18. The number of nitrogens with zero attached hydrogens (tertiary/aromatic N) is 2. The van der Waals surface area contributed by atoms with Crippen LogP contribution in [0.1, 0.15) is 57.5 Å². The van der Waals surface area contributed by atoms with Crippen LogP contribution in [0.5, 0.6) is 0 Å². The van der Waals surface area contributed by atoms with Crippen LogP contribution in [0.4, 0.5) is 4.79 Å². The van der Waals surface area contributed by atoms with Gasteiger partial charge in [-0.15, -0.1) is 0 Å². The molecule has 19 heavy (non-hydrogen) atoms. The summed E-state index contributed by atoms with van der Waals surface area (Å²) < 4.78 is 5.38. The molecule has 0 bridgehead atoms. The Hall–Kier alpha value is -1.52. The van der Waals surface area contributed by atoms with Crippen LogP contribution in [0, 0.1) is 0 Å². The summed E-state index contributed by atoms with van der Waals surface area (Å²) >= 11 is 0. The molecule has 1 aliphatic heterocycles. The molecule has 1 aromatic heterocycles. The predicted octanol–water partition coefficient (Wildman–Crippen LogP) is 2.88. The van der Waals surface area contributed by atoms with Crippen LogP contribution in [0.2, 0.25) is 0 Å². The molecule has 2 amide bonds. The van der Waals surface area contributed by atoms with Crippen LogP contribution >= 0.6 is 0 Å². The van der Waals surface area contributed by atoms with Crippen molar-refractivity contribution in [3.8, 4) is 0 Å². The maximum absolute atomic E-state index is 12.2. The Bertz CT molecular complexity index is 430. The first-order valence-electron chi connectivity index (χ1n) is 7.18. The molecule has 1 saturated heterocycles. The van der Waals surface area contributed by atoms with E-state index in [9.17, 15) is 4.79 Å². The molecule has 0 unspecified atom stereocenters. The number of urea groups is 1. The quantitative estimate of drug-likeness (QED) is 0.910. The van der Waals surface area contributed by atoms with Crippen molar-refractivity contribution in [2.45, 2.75) is 58.5 Å². The first-order valence-corrected chi connectivity index (χ1v) is 7.18. The molecule has 2 heterocycles. The molecule has 5 heteroatoms. The standard InChI is InChI=1S/C14H23N3O2/c1-4-10(3)15-14(18)17-8-6-7-12(17)13-9-11(5-2)16-19-13/h9-10,12H,4-8H2,1-3H3,(H,15,18)/t10-,12-/m0/s1. The van der Waals surface area contributed by atoms with Gasteiger partial charge in [0.05, 0.1) is 11.7 Å². The highest BCUT2D eigenvalue weighted by Crippen LogP contribution is 2.32. The van der Waals surface area contributed by atoms with E-state index in [-0.39, 0.29) is 18.1 Å². The van der Waals surface area contributed by atoms with Gasteiger partial charge in [0, 0.05) is 18.7 Å². The van der Waals surface area contributed by atoms with Crippen molar-refractivity contribution in [1.82, 2.24) is 15.4 Å². The third-order valence-corrected chi connectivity index (χ3v) is 3.76. The zero-order valence-electron chi connectivity index (χ0n) is 12.0. The van der Waals surface area contributed by atoms with Gasteiger partial charge in [-0.05, 0) is 32.6 Å². The predicted molar refractivity (Wildman–Crippen MR) is 72.8 cm³/mol. The molecule has 5 nitrogen and oxygen atoms in total. The summed E-state index contributed by atoms with van der Waals surface area (Å²) in [5.74, 6) is 0.814. The van der Waals surface area contributed by atoms with Gasteiger partial charge in [0.1, 0.15) is 0 Å². The van der Waals surface area contributed by atoms with Crippen molar-refractivity contribution >= 4 is 6.03 Å². The SMILES string of the molecule is CCc1cc([C@@H]2CCCN2C(=O)N[C@@H](C)CC)on1. The molecule has 1 aliphatic rings. The zero-order chi connectivity index (χ0) is 13.8. The zero-order valence-corrected chi connectivity index (χ0v) is 12.0. The summed E-state index contributed by atoms with van der Waals surface area (Å²) in [5.41, 5.74) is 0.948. The van der Waals surface area contributed by atoms with Crippen LogP contribution in [-0.4, -0.2) is 28.7 Å². The van der Waals surface area contributed by atoms with Gasteiger partial charge in [-0.1, -0.05) is 19.0 Å². The Labute approximate surface area is 114 Å². The average molecular weight is 265 g/mol. The number of aryl methyl sites for hydroxylation is 1. The van der Waals surface area contributed by atoms with E-state index in [0.717, 1.165) is 43.7 Å². The normalized spacial score (nSPS) is 20.6. The molecule has 1 fully saturated rings. The summed E-state index contributed by atoms with van der Waals surface area (Å²) in [6.07, 6.45) is 3.76. The van der Waals surface area contributed by atoms with E-state index in [1.54, 1.807) is 0 Å². The summed E-state index contributed by atoms with van der Waals surface area (Å²) in [7, 11) is 0. The molecule has 0 aromatic carbocycles. The van der Waals surface area contributed by atoms with Gasteiger partial charge in [0.25, 0.3) is 0 Å². The fourth-order valence-electron chi connectivity index (χ4n) is 2.35. The minimum atomic E-state index is 0.00583. The minimum Gasteiger partial charge on any atom is -0.359 e. The Morgan fingerprint density at radius 2 is 2.42 bits per heavy atom. The molecular formula is C14H23N3O2. The Morgan fingerprint density at radius 1 is 1.63 bits per heavy atom. The molecule has 2 rings (SSSR count). The maximum atomic E-state index is 12.2. The molecule has 1 N–H and O–H groups in total. The highest BCUT2D eigenvalue weighted by molar-refractivity contribution is 5.75. The second-order valence-corrected chi connectivity index (χ2v) is 5.18. The molecule has 0 saturated carbocycles. The number of rotatable bonds is 4. The van der Waals surface area contributed by atoms with Gasteiger partial charge in [0.2, 0.25) is 0 Å². The van der Waals surface area contributed by atoms with Crippen molar-refractivity contribution in [2.24, 2.45) is 0 Å². The second kappa shape index (κ2) is 6.08. The lowest BCUT2D eigenvalue weighted by Gasteiger charge is -2.24. The fraction of sp³-hybridized carbons (Fsp3) is 0.714. The van der Waals surface area contributed by atoms with Gasteiger partial charge in [0.15, 0.2) is 5.76 Å². The molecule has 0 radical (unpaired) electrons. The van der Waals surface area contributed by atoms with E-state index >= 15 is 0 Å². The van der Waals surface area contributed by atoms with Crippen LogP contribution in [0.3, 0.4) is 0 Å². The lowest BCUT2D eigenvalue weighted by atomic mass is 10.1. The maximum Gasteiger partial charge on any atom is 0.318 e. The van der Waals surface area contributed by atoms with E-state index in [0.29, 0.717) is 0 Å². The number of nitrogens with one attached hydrogen (secondary N) is 1. The highest BCUT2D eigenvalue weighted by atomic mass is 16.5. The highest BCUT2D eigenvalue weighted by Gasteiger charge is 2.33. The van der Waals surface area contributed by atoms with E-state index < -0.39 is 0 Å². The summed E-state index contributed by atoms with van der Waals surface area (Å²) in [6.45, 7) is 6.92. The number of hydrogen-bond acceptors (Lipinski definition) is 3. The van der Waals surface area contributed by atoms with Crippen molar-refractivity contribution in [3.63, 3.8) is 0 Å². The third kappa shape index (κ3) is 3.08. The number of hydrogen-bond donors (Lipinski definition) is 1. The van der Waals surface area contributed by atoms with Crippen molar-refractivity contribution < 1.29 is 9.32 Å². The number of likely N-dealkylation sites (tertiary alicyclic amines) is 1. The summed E-state index contributed by atoms with van der Waals surface area (Å²) in [4.78, 5) is 14.1. The van der Waals surface area contributed by atoms with Crippen LogP contribution in [0.25, 0.3) is 0 Å². The lowest BCUT2D eigenvalue weighted by molar-refractivity contribution is 0.179. The summed E-state index contributed by atoms with van der Waals surface area (Å²) in [6, 6.07) is 2.22. The molecule has 0 spiro atoms.